The molecule has 1 aliphatic heterocycles. The number of imide groups is 1. The summed E-state index contributed by atoms with van der Waals surface area (Å²) in [6.45, 7) is 0.655. The molecule has 5 nitrogen and oxygen atoms in total. The summed E-state index contributed by atoms with van der Waals surface area (Å²) in [5.74, 6) is 0.771. The molecule has 1 heterocycles. The predicted octanol–water partition coefficient (Wildman–Crippen LogP) is 1.12. The monoisotopic (exact) mass is 288 g/mol. The maximum absolute atomic E-state index is 12.2. The molecule has 5 heteroatoms. The molecule has 2 amide bonds. The summed E-state index contributed by atoms with van der Waals surface area (Å²) in [6, 6.07) is 7.66. The van der Waals surface area contributed by atoms with Crippen LogP contribution in [0.15, 0.2) is 24.3 Å². The van der Waals surface area contributed by atoms with E-state index in [-0.39, 0.29) is 23.9 Å². The Kier molecular flexibility index (Phi) is 3.92. The van der Waals surface area contributed by atoms with Crippen molar-refractivity contribution in [2.75, 3.05) is 13.7 Å². The summed E-state index contributed by atoms with van der Waals surface area (Å²) in [6.07, 6.45) is 2.99. The van der Waals surface area contributed by atoms with Crippen molar-refractivity contribution < 1.29 is 14.3 Å². The van der Waals surface area contributed by atoms with Crippen LogP contribution in [0.1, 0.15) is 24.8 Å². The highest BCUT2D eigenvalue weighted by atomic mass is 16.5. The summed E-state index contributed by atoms with van der Waals surface area (Å²) < 4.78 is 5.31. The number of carbonyl (C=O) groups excluding carboxylic acids is 2. The molecule has 1 saturated heterocycles. The normalized spacial score (nSPS) is 22.0. The number of rotatable bonds is 6. The number of methoxy groups -OCH3 is 1. The van der Waals surface area contributed by atoms with Crippen LogP contribution in [0.5, 0.6) is 5.75 Å². The van der Waals surface area contributed by atoms with Crippen molar-refractivity contribution in [1.29, 1.82) is 0 Å². The lowest BCUT2D eigenvalue weighted by Gasteiger charge is -2.14. The van der Waals surface area contributed by atoms with Crippen molar-refractivity contribution in [3.05, 3.63) is 29.8 Å². The Morgan fingerprint density at radius 3 is 2.76 bits per heavy atom. The van der Waals surface area contributed by atoms with Gasteiger partial charge in [0.2, 0.25) is 11.8 Å². The highest BCUT2D eigenvalue weighted by Crippen LogP contribution is 2.31. The molecule has 1 aromatic carbocycles. The number of likely N-dealkylation sites (tertiary alicyclic amines) is 1. The van der Waals surface area contributed by atoms with Gasteiger partial charge in [-0.05, 0) is 30.9 Å². The highest BCUT2D eigenvalue weighted by Gasteiger charge is 2.45. The first kappa shape index (κ1) is 14.1. The van der Waals surface area contributed by atoms with E-state index >= 15 is 0 Å². The van der Waals surface area contributed by atoms with Gasteiger partial charge in [-0.3, -0.25) is 14.5 Å². The molecule has 1 aromatic rings. The van der Waals surface area contributed by atoms with Gasteiger partial charge in [-0.1, -0.05) is 18.2 Å². The van der Waals surface area contributed by atoms with Crippen LogP contribution in [0.25, 0.3) is 0 Å². The average Bonchev–Trinajstić information content (AvgIpc) is 3.27. The van der Waals surface area contributed by atoms with Gasteiger partial charge < -0.3 is 10.1 Å². The van der Waals surface area contributed by atoms with Crippen LogP contribution in [-0.2, 0) is 16.0 Å². The van der Waals surface area contributed by atoms with Crippen molar-refractivity contribution in [3.63, 3.8) is 0 Å². The van der Waals surface area contributed by atoms with Crippen LogP contribution in [0.2, 0.25) is 0 Å². The molecule has 1 aliphatic carbocycles. The van der Waals surface area contributed by atoms with Crippen LogP contribution in [0.3, 0.4) is 0 Å². The maximum Gasteiger partial charge on any atom is 0.247 e. The fraction of sp³-hybridized carbons (Fsp3) is 0.500. The number of benzene rings is 1. The number of para-hydroxylation sites is 1. The predicted molar refractivity (Wildman–Crippen MR) is 78.0 cm³/mol. The highest BCUT2D eigenvalue weighted by molar-refractivity contribution is 6.06. The summed E-state index contributed by atoms with van der Waals surface area (Å²) in [4.78, 5) is 25.5. The number of nitrogens with one attached hydrogen (secondary N) is 1. The van der Waals surface area contributed by atoms with E-state index in [1.165, 1.54) is 4.90 Å². The third kappa shape index (κ3) is 2.93. The molecular formula is C16H20N2O3. The van der Waals surface area contributed by atoms with E-state index < -0.39 is 0 Å². The van der Waals surface area contributed by atoms with Gasteiger partial charge in [0.05, 0.1) is 19.6 Å². The van der Waals surface area contributed by atoms with Crippen molar-refractivity contribution in [2.45, 2.75) is 37.8 Å². The SMILES string of the molecule is COc1ccccc1CCNC1CC(=O)N(C2CC2)C1=O. The summed E-state index contributed by atoms with van der Waals surface area (Å²) >= 11 is 0. The minimum absolute atomic E-state index is 0.0303. The molecule has 3 rings (SSSR count). The summed E-state index contributed by atoms with van der Waals surface area (Å²) in [5.41, 5.74) is 1.10. The van der Waals surface area contributed by atoms with Crippen LogP contribution < -0.4 is 10.1 Å². The van der Waals surface area contributed by atoms with Crippen LogP contribution >= 0.6 is 0 Å². The first-order chi connectivity index (χ1) is 10.2. The number of ether oxygens (including phenoxy) is 1. The van der Waals surface area contributed by atoms with E-state index in [4.69, 9.17) is 4.74 Å². The number of carbonyl (C=O) groups is 2. The minimum Gasteiger partial charge on any atom is -0.496 e. The third-order valence-corrected chi connectivity index (χ3v) is 4.07. The Morgan fingerprint density at radius 1 is 1.29 bits per heavy atom. The first-order valence-electron chi connectivity index (χ1n) is 7.42. The fourth-order valence-electron chi connectivity index (χ4n) is 2.82. The minimum atomic E-state index is -0.354. The number of nitrogens with zero attached hydrogens (tertiary/aromatic N) is 1. The third-order valence-electron chi connectivity index (χ3n) is 4.07. The van der Waals surface area contributed by atoms with E-state index in [9.17, 15) is 9.59 Å². The Bertz CT molecular complexity index is 554. The van der Waals surface area contributed by atoms with Crippen molar-refractivity contribution >= 4 is 11.8 Å². The van der Waals surface area contributed by atoms with Gasteiger partial charge in [0, 0.05) is 12.6 Å². The molecule has 0 radical (unpaired) electrons. The van der Waals surface area contributed by atoms with Crippen LogP contribution in [-0.4, -0.2) is 42.5 Å². The van der Waals surface area contributed by atoms with E-state index in [0.717, 1.165) is 30.6 Å². The quantitative estimate of drug-likeness (QED) is 0.797. The van der Waals surface area contributed by atoms with Gasteiger partial charge in [-0.15, -0.1) is 0 Å². The van der Waals surface area contributed by atoms with Gasteiger partial charge in [0.15, 0.2) is 0 Å². The molecule has 0 aromatic heterocycles. The van der Waals surface area contributed by atoms with Gasteiger partial charge >= 0.3 is 0 Å². The molecule has 112 valence electrons. The molecule has 0 spiro atoms. The maximum atomic E-state index is 12.2. The zero-order chi connectivity index (χ0) is 14.8. The van der Waals surface area contributed by atoms with Crippen molar-refractivity contribution in [3.8, 4) is 5.75 Å². The lowest BCUT2D eigenvalue weighted by molar-refractivity contribution is -0.139. The molecule has 1 N–H and O–H groups in total. The smallest absolute Gasteiger partial charge is 0.247 e. The summed E-state index contributed by atoms with van der Waals surface area (Å²) in [5, 5.41) is 3.21. The largest absolute Gasteiger partial charge is 0.496 e. The number of hydrogen-bond donors (Lipinski definition) is 1. The average molecular weight is 288 g/mol. The van der Waals surface area contributed by atoms with Crippen LogP contribution in [0, 0.1) is 0 Å². The van der Waals surface area contributed by atoms with E-state index in [2.05, 4.69) is 5.32 Å². The van der Waals surface area contributed by atoms with E-state index in [1.807, 2.05) is 24.3 Å². The van der Waals surface area contributed by atoms with E-state index in [0.29, 0.717) is 13.0 Å². The standard InChI is InChI=1S/C16H20N2O3/c1-21-14-5-3-2-4-11(14)8-9-17-13-10-15(19)18(16(13)20)12-6-7-12/h2-5,12-13,17H,6-10H2,1H3. The second kappa shape index (κ2) is 5.85. The Balaban J connectivity index is 1.54. The van der Waals surface area contributed by atoms with Crippen molar-refractivity contribution in [2.24, 2.45) is 0 Å². The summed E-state index contributed by atoms with van der Waals surface area (Å²) in [7, 11) is 1.65. The van der Waals surface area contributed by atoms with Gasteiger partial charge in [-0.25, -0.2) is 0 Å². The second-order valence-electron chi connectivity index (χ2n) is 5.61. The van der Waals surface area contributed by atoms with Gasteiger partial charge in [0.25, 0.3) is 0 Å². The molecule has 2 aliphatic rings. The van der Waals surface area contributed by atoms with Crippen molar-refractivity contribution in [1.82, 2.24) is 10.2 Å². The molecule has 2 fully saturated rings. The van der Waals surface area contributed by atoms with E-state index in [1.54, 1.807) is 7.11 Å². The molecule has 1 unspecified atom stereocenters. The second-order valence-corrected chi connectivity index (χ2v) is 5.61. The lowest BCUT2D eigenvalue weighted by Crippen LogP contribution is -2.40. The molecular weight excluding hydrogens is 268 g/mol. The molecule has 1 saturated carbocycles. The topological polar surface area (TPSA) is 58.6 Å². The van der Waals surface area contributed by atoms with Gasteiger partial charge in [-0.2, -0.15) is 0 Å². The molecule has 0 bridgehead atoms. The molecule has 21 heavy (non-hydrogen) atoms. The number of amides is 2. The Hall–Kier alpha value is -1.88. The molecule has 1 atom stereocenters. The zero-order valence-electron chi connectivity index (χ0n) is 12.2. The first-order valence-corrected chi connectivity index (χ1v) is 7.42. The zero-order valence-corrected chi connectivity index (χ0v) is 12.2. The Morgan fingerprint density at radius 2 is 2.05 bits per heavy atom. The fourth-order valence-corrected chi connectivity index (χ4v) is 2.82. The lowest BCUT2D eigenvalue weighted by atomic mass is 10.1. The Labute approximate surface area is 124 Å². The van der Waals surface area contributed by atoms with Gasteiger partial charge in [0.1, 0.15) is 5.75 Å². The number of hydrogen-bond acceptors (Lipinski definition) is 4. The van der Waals surface area contributed by atoms with Crippen LogP contribution in [0.4, 0.5) is 0 Å².